The topological polar surface area (TPSA) is 67.3 Å². The molecule has 1 saturated heterocycles. The monoisotopic (exact) mass is 362 g/mol. The lowest BCUT2D eigenvalue weighted by molar-refractivity contribution is 0.0524. The highest BCUT2D eigenvalue weighted by Gasteiger charge is 2.29. The van der Waals surface area contributed by atoms with Gasteiger partial charge in [0.25, 0.3) is 0 Å². The number of hydrogen-bond donors (Lipinski definition) is 1. The number of amides is 1. The summed E-state index contributed by atoms with van der Waals surface area (Å²) in [6, 6.07) is 5.70. The molecule has 1 aliphatic heterocycles. The molecule has 0 unspecified atom stereocenters. The number of alkyl carbamates (subject to hydrolysis) is 1. The van der Waals surface area contributed by atoms with Crippen LogP contribution < -0.4 is 10.2 Å². The minimum Gasteiger partial charge on any atom is -0.444 e. The lowest BCUT2D eigenvalue weighted by Gasteiger charge is -2.40. The van der Waals surface area contributed by atoms with Crippen molar-refractivity contribution >= 4 is 34.4 Å². The summed E-state index contributed by atoms with van der Waals surface area (Å²) in [4.78, 5) is 22.7. The minimum absolute atomic E-state index is 0.364. The number of rotatable bonds is 4. The van der Waals surface area contributed by atoms with Crippen LogP contribution in [0, 0.1) is 5.92 Å². The third-order valence-corrected chi connectivity index (χ3v) is 4.22. The molecule has 2 aromatic heterocycles. The molecule has 1 aliphatic rings. The first kappa shape index (κ1) is 17.7. The first-order chi connectivity index (χ1) is 11.8. The Morgan fingerprint density at radius 2 is 2.20 bits per heavy atom. The minimum atomic E-state index is -0.468. The second-order valence-electron chi connectivity index (χ2n) is 7.33. The van der Waals surface area contributed by atoms with E-state index in [-0.39, 0.29) is 6.09 Å². The van der Waals surface area contributed by atoms with E-state index in [1.807, 2.05) is 32.9 Å². The van der Waals surface area contributed by atoms with E-state index in [9.17, 15) is 4.79 Å². The molecule has 0 aliphatic carbocycles. The van der Waals surface area contributed by atoms with Crippen LogP contribution in [0.5, 0.6) is 0 Å². The first-order valence-corrected chi connectivity index (χ1v) is 8.83. The number of halogens is 1. The molecule has 7 heteroatoms. The maximum absolute atomic E-state index is 11.6. The quantitative estimate of drug-likeness (QED) is 0.841. The van der Waals surface area contributed by atoms with E-state index < -0.39 is 5.60 Å². The Balaban J connectivity index is 1.51. The van der Waals surface area contributed by atoms with Crippen LogP contribution in [0.2, 0.25) is 5.15 Å². The summed E-state index contributed by atoms with van der Waals surface area (Å²) in [5, 5.41) is 4.27. The van der Waals surface area contributed by atoms with E-state index in [2.05, 4.69) is 20.2 Å². The lowest BCUT2D eigenvalue weighted by atomic mass is 9.96. The van der Waals surface area contributed by atoms with Crippen molar-refractivity contribution in [3.63, 3.8) is 0 Å². The molecule has 2 aromatic rings. The Labute approximate surface area is 152 Å². The van der Waals surface area contributed by atoms with Crippen LogP contribution in [-0.4, -0.2) is 41.3 Å². The van der Waals surface area contributed by atoms with Gasteiger partial charge in [-0.3, -0.25) is 4.98 Å². The van der Waals surface area contributed by atoms with Crippen LogP contribution in [-0.2, 0) is 4.74 Å². The van der Waals surface area contributed by atoms with Gasteiger partial charge in [0.15, 0.2) is 0 Å². The smallest absolute Gasteiger partial charge is 0.407 e. The molecule has 0 spiro atoms. The Hall–Kier alpha value is -2.08. The van der Waals surface area contributed by atoms with Crippen LogP contribution in [0.25, 0.3) is 10.9 Å². The molecule has 0 bridgehead atoms. The molecule has 0 atom stereocenters. The molecule has 3 rings (SSSR count). The molecule has 0 radical (unpaired) electrons. The normalized spacial score (nSPS) is 15.1. The second-order valence-corrected chi connectivity index (χ2v) is 7.71. The molecule has 3 heterocycles. The maximum Gasteiger partial charge on any atom is 0.407 e. The van der Waals surface area contributed by atoms with Gasteiger partial charge in [-0.15, -0.1) is 0 Å². The summed E-state index contributed by atoms with van der Waals surface area (Å²) >= 11 is 6.12. The van der Waals surface area contributed by atoms with Gasteiger partial charge >= 0.3 is 6.09 Å². The first-order valence-electron chi connectivity index (χ1n) is 8.45. The van der Waals surface area contributed by atoms with Gasteiger partial charge in [-0.25, -0.2) is 9.78 Å². The van der Waals surface area contributed by atoms with Crippen molar-refractivity contribution in [3.05, 3.63) is 29.5 Å². The van der Waals surface area contributed by atoms with Gasteiger partial charge < -0.3 is 15.0 Å². The molecular weight excluding hydrogens is 340 g/mol. The average molecular weight is 363 g/mol. The highest BCUT2D eigenvalue weighted by molar-refractivity contribution is 6.30. The Kier molecular flexibility index (Phi) is 4.99. The summed E-state index contributed by atoms with van der Waals surface area (Å²) in [5.41, 5.74) is 0.387. The number of aromatic nitrogens is 2. The van der Waals surface area contributed by atoms with Crippen molar-refractivity contribution < 1.29 is 9.53 Å². The van der Waals surface area contributed by atoms with E-state index in [0.717, 1.165) is 36.2 Å². The van der Waals surface area contributed by atoms with E-state index in [0.29, 0.717) is 17.6 Å². The van der Waals surface area contributed by atoms with Gasteiger partial charge in [0.1, 0.15) is 16.6 Å². The number of hydrogen-bond acceptors (Lipinski definition) is 5. The van der Waals surface area contributed by atoms with Crippen LogP contribution in [0.15, 0.2) is 24.4 Å². The van der Waals surface area contributed by atoms with E-state index >= 15 is 0 Å². The standard InChI is InChI=1S/C18H23ClN4O2/c1-18(2,3)25-17(24)21-8-6-12-10-23(11-12)16-13-5-4-7-20-14(13)9-15(19)22-16/h4-5,7,9,12H,6,8,10-11H2,1-3H3,(H,21,24). The fourth-order valence-electron chi connectivity index (χ4n) is 2.89. The third-order valence-electron chi connectivity index (χ3n) is 4.03. The fraction of sp³-hybridized carbons (Fsp3) is 0.500. The highest BCUT2D eigenvalue weighted by atomic mass is 35.5. The Morgan fingerprint density at radius 1 is 1.44 bits per heavy atom. The zero-order chi connectivity index (χ0) is 18.0. The number of nitrogens with one attached hydrogen (secondary N) is 1. The molecule has 1 amide bonds. The number of pyridine rings is 2. The summed E-state index contributed by atoms with van der Waals surface area (Å²) in [6.07, 6.45) is 2.30. The van der Waals surface area contributed by atoms with E-state index in [4.69, 9.17) is 16.3 Å². The molecule has 0 saturated carbocycles. The predicted molar refractivity (Wildman–Crippen MR) is 99.1 cm³/mol. The van der Waals surface area contributed by atoms with Crippen LogP contribution in [0.4, 0.5) is 10.6 Å². The summed E-state index contributed by atoms with van der Waals surface area (Å²) in [5.74, 6) is 1.40. The molecule has 0 aromatic carbocycles. The summed E-state index contributed by atoms with van der Waals surface area (Å²) in [7, 11) is 0. The van der Waals surface area contributed by atoms with Crippen LogP contribution in [0.1, 0.15) is 27.2 Å². The number of ether oxygens (including phenoxy) is 1. The number of fused-ring (bicyclic) bond motifs is 1. The Bertz CT molecular complexity index is 769. The number of anilines is 1. The highest BCUT2D eigenvalue weighted by Crippen LogP contribution is 2.31. The largest absolute Gasteiger partial charge is 0.444 e. The van der Waals surface area contributed by atoms with Crippen molar-refractivity contribution in [3.8, 4) is 0 Å². The maximum atomic E-state index is 11.6. The molecule has 134 valence electrons. The van der Waals surface area contributed by atoms with Gasteiger partial charge in [-0.2, -0.15) is 0 Å². The summed E-state index contributed by atoms with van der Waals surface area (Å²) in [6.45, 7) is 7.97. The fourth-order valence-corrected chi connectivity index (χ4v) is 3.07. The van der Waals surface area contributed by atoms with Crippen LogP contribution >= 0.6 is 11.6 Å². The zero-order valence-corrected chi connectivity index (χ0v) is 15.5. The third kappa shape index (κ3) is 4.51. The van der Waals surface area contributed by atoms with E-state index in [1.165, 1.54) is 0 Å². The number of nitrogens with zero attached hydrogens (tertiary/aromatic N) is 3. The molecule has 1 N–H and O–H groups in total. The second kappa shape index (κ2) is 7.04. The van der Waals surface area contributed by atoms with Crippen molar-refractivity contribution in [2.24, 2.45) is 5.92 Å². The molecule has 25 heavy (non-hydrogen) atoms. The summed E-state index contributed by atoms with van der Waals surface area (Å²) < 4.78 is 5.23. The lowest BCUT2D eigenvalue weighted by Crippen LogP contribution is -2.48. The average Bonchev–Trinajstić information content (AvgIpc) is 2.47. The number of carbonyl (C=O) groups excluding carboxylic acids is 1. The molecular formula is C18H23ClN4O2. The van der Waals surface area contributed by atoms with Gasteiger partial charge in [0, 0.05) is 37.3 Å². The molecule has 6 nitrogen and oxygen atoms in total. The van der Waals surface area contributed by atoms with Gasteiger partial charge in [-0.05, 0) is 45.2 Å². The SMILES string of the molecule is CC(C)(C)OC(=O)NCCC1CN(c2nc(Cl)cc3ncccc23)C1. The van der Waals surface area contributed by atoms with E-state index in [1.54, 1.807) is 12.3 Å². The van der Waals surface area contributed by atoms with Crippen molar-refractivity contribution in [2.45, 2.75) is 32.8 Å². The van der Waals surface area contributed by atoms with Crippen LogP contribution in [0.3, 0.4) is 0 Å². The van der Waals surface area contributed by atoms with Gasteiger partial charge in [0.2, 0.25) is 0 Å². The van der Waals surface area contributed by atoms with Crippen molar-refractivity contribution in [2.75, 3.05) is 24.5 Å². The Morgan fingerprint density at radius 3 is 2.92 bits per heavy atom. The number of carbonyl (C=O) groups is 1. The predicted octanol–water partition coefficient (Wildman–Crippen LogP) is 3.63. The van der Waals surface area contributed by atoms with Gasteiger partial charge in [-0.1, -0.05) is 11.6 Å². The van der Waals surface area contributed by atoms with Gasteiger partial charge in [0.05, 0.1) is 5.52 Å². The van der Waals surface area contributed by atoms with Crippen molar-refractivity contribution in [1.29, 1.82) is 0 Å². The molecule has 1 fully saturated rings. The van der Waals surface area contributed by atoms with Crippen molar-refractivity contribution in [1.82, 2.24) is 15.3 Å². The zero-order valence-electron chi connectivity index (χ0n) is 14.8.